The topological polar surface area (TPSA) is 75.3 Å². The van der Waals surface area contributed by atoms with Crippen LogP contribution in [0.25, 0.3) is 5.65 Å². The van der Waals surface area contributed by atoms with Crippen LogP contribution in [0.2, 0.25) is 0 Å². The van der Waals surface area contributed by atoms with E-state index in [-0.39, 0.29) is 0 Å². The van der Waals surface area contributed by atoms with Gasteiger partial charge in [-0.15, -0.1) is 15.3 Å². The lowest BCUT2D eigenvalue weighted by atomic mass is 10.3. The van der Waals surface area contributed by atoms with Crippen LogP contribution in [0.15, 0.2) is 24.4 Å². The number of hydrogen-bond acceptors (Lipinski definition) is 7. The van der Waals surface area contributed by atoms with E-state index in [4.69, 9.17) is 5.10 Å². The predicted octanol–water partition coefficient (Wildman–Crippen LogP) is 1.43. The Hall–Kier alpha value is -2.77. The molecule has 0 atom stereocenters. The van der Waals surface area contributed by atoms with Crippen LogP contribution in [0.5, 0.6) is 0 Å². The summed E-state index contributed by atoms with van der Waals surface area (Å²) in [5, 5.41) is 13.4. The van der Waals surface area contributed by atoms with E-state index in [1.54, 1.807) is 0 Å². The standard InChI is InChI=1S/C17H20N8/c1-12-18-7-6-14(19-12)23-8-10-24(11-9-23)16-5-4-15-20-21-17(13-2-3-13)25(15)22-16/h4-7,13H,2-3,8-11H2,1H3. The number of nitrogens with zero attached hydrogens (tertiary/aromatic N) is 8. The van der Waals surface area contributed by atoms with Crippen molar-refractivity contribution in [3.63, 3.8) is 0 Å². The van der Waals surface area contributed by atoms with Crippen LogP contribution < -0.4 is 9.80 Å². The Balaban J connectivity index is 1.35. The highest BCUT2D eigenvalue weighted by atomic mass is 15.4. The van der Waals surface area contributed by atoms with E-state index in [0.717, 1.165) is 55.1 Å². The maximum atomic E-state index is 4.81. The highest BCUT2D eigenvalue weighted by molar-refractivity contribution is 5.48. The fourth-order valence-corrected chi connectivity index (χ4v) is 3.35. The van der Waals surface area contributed by atoms with Crippen LogP contribution in [0.1, 0.15) is 30.4 Å². The zero-order valence-corrected chi connectivity index (χ0v) is 14.2. The van der Waals surface area contributed by atoms with Gasteiger partial charge in [0.05, 0.1) is 0 Å². The molecule has 0 bridgehead atoms. The van der Waals surface area contributed by atoms with E-state index in [0.29, 0.717) is 5.92 Å². The van der Waals surface area contributed by atoms with Gasteiger partial charge in [-0.2, -0.15) is 4.52 Å². The molecular weight excluding hydrogens is 316 g/mol. The van der Waals surface area contributed by atoms with Crippen molar-refractivity contribution in [1.29, 1.82) is 0 Å². The van der Waals surface area contributed by atoms with Crippen LogP contribution in [0.4, 0.5) is 11.6 Å². The Morgan fingerprint density at radius 3 is 2.40 bits per heavy atom. The first-order valence-corrected chi connectivity index (χ1v) is 8.80. The van der Waals surface area contributed by atoms with Crippen LogP contribution in [-0.2, 0) is 0 Å². The first-order valence-electron chi connectivity index (χ1n) is 8.80. The number of hydrogen-bond donors (Lipinski definition) is 0. The number of aryl methyl sites for hydroxylation is 1. The zero-order chi connectivity index (χ0) is 16.8. The summed E-state index contributed by atoms with van der Waals surface area (Å²) in [6.45, 7) is 5.61. The number of anilines is 2. The largest absolute Gasteiger partial charge is 0.353 e. The minimum absolute atomic E-state index is 0.538. The minimum Gasteiger partial charge on any atom is -0.353 e. The van der Waals surface area contributed by atoms with Gasteiger partial charge in [-0.3, -0.25) is 0 Å². The Bertz CT molecular complexity index is 908. The lowest BCUT2D eigenvalue weighted by Gasteiger charge is -2.35. The van der Waals surface area contributed by atoms with Crippen LogP contribution in [-0.4, -0.2) is 56.0 Å². The summed E-state index contributed by atoms with van der Waals surface area (Å²) in [6.07, 6.45) is 4.22. The molecule has 128 valence electrons. The molecule has 0 unspecified atom stereocenters. The molecule has 0 spiro atoms. The highest BCUT2D eigenvalue weighted by Crippen LogP contribution is 2.38. The normalized spacial score (nSPS) is 18.1. The van der Waals surface area contributed by atoms with Crippen LogP contribution in [0.3, 0.4) is 0 Å². The van der Waals surface area contributed by atoms with Crippen molar-refractivity contribution < 1.29 is 0 Å². The number of aromatic nitrogens is 6. The summed E-state index contributed by atoms with van der Waals surface area (Å²) < 4.78 is 1.92. The summed E-state index contributed by atoms with van der Waals surface area (Å²) in [4.78, 5) is 13.3. The summed E-state index contributed by atoms with van der Waals surface area (Å²) in [5.41, 5.74) is 0.834. The molecule has 8 nitrogen and oxygen atoms in total. The lowest BCUT2D eigenvalue weighted by molar-refractivity contribution is 0.633. The zero-order valence-electron chi connectivity index (χ0n) is 14.2. The Morgan fingerprint density at radius 2 is 1.68 bits per heavy atom. The molecule has 4 heterocycles. The number of rotatable bonds is 3. The van der Waals surface area contributed by atoms with Gasteiger partial charge >= 0.3 is 0 Å². The van der Waals surface area contributed by atoms with Gasteiger partial charge < -0.3 is 9.80 Å². The molecule has 25 heavy (non-hydrogen) atoms. The molecule has 2 aliphatic rings. The van der Waals surface area contributed by atoms with E-state index < -0.39 is 0 Å². The smallest absolute Gasteiger partial charge is 0.178 e. The number of piperazine rings is 1. The molecule has 0 aromatic carbocycles. The van der Waals surface area contributed by atoms with Crippen molar-refractivity contribution in [3.8, 4) is 0 Å². The average molecular weight is 336 g/mol. The molecule has 0 N–H and O–H groups in total. The maximum absolute atomic E-state index is 4.81. The first-order chi connectivity index (χ1) is 12.3. The van der Waals surface area contributed by atoms with Gasteiger partial charge in [-0.25, -0.2) is 9.97 Å². The van der Waals surface area contributed by atoms with Gasteiger partial charge in [0.15, 0.2) is 11.5 Å². The van der Waals surface area contributed by atoms with Crippen molar-refractivity contribution in [3.05, 3.63) is 36.0 Å². The molecular formula is C17H20N8. The van der Waals surface area contributed by atoms with E-state index in [9.17, 15) is 0 Å². The van der Waals surface area contributed by atoms with E-state index in [1.165, 1.54) is 12.8 Å². The van der Waals surface area contributed by atoms with Gasteiger partial charge in [0.25, 0.3) is 0 Å². The monoisotopic (exact) mass is 336 g/mol. The molecule has 1 aliphatic heterocycles. The van der Waals surface area contributed by atoms with Crippen molar-refractivity contribution in [1.82, 2.24) is 29.8 Å². The van der Waals surface area contributed by atoms with Crippen molar-refractivity contribution >= 4 is 17.3 Å². The van der Waals surface area contributed by atoms with Crippen molar-refractivity contribution in [2.45, 2.75) is 25.7 Å². The molecule has 8 heteroatoms. The molecule has 5 rings (SSSR count). The Morgan fingerprint density at radius 1 is 0.920 bits per heavy atom. The van der Waals surface area contributed by atoms with Gasteiger partial charge in [0.1, 0.15) is 17.5 Å². The minimum atomic E-state index is 0.538. The van der Waals surface area contributed by atoms with Crippen LogP contribution >= 0.6 is 0 Å². The highest BCUT2D eigenvalue weighted by Gasteiger charge is 2.29. The lowest BCUT2D eigenvalue weighted by Crippen LogP contribution is -2.47. The van der Waals surface area contributed by atoms with Gasteiger partial charge in [-0.05, 0) is 38.0 Å². The van der Waals surface area contributed by atoms with Gasteiger partial charge in [-0.1, -0.05) is 0 Å². The quantitative estimate of drug-likeness (QED) is 0.716. The first kappa shape index (κ1) is 14.6. The molecule has 0 radical (unpaired) electrons. The third-order valence-corrected chi connectivity index (χ3v) is 4.90. The molecule has 1 saturated heterocycles. The maximum Gasteiger partial charge on any atom is 0.178 e. The molecule has 2 fully saturated rings. The fourth-order valence-electron chi connectivity index (χ4n) is 3.35. The summed E-state index contributed by atoms with van der Waals surface area (Å²) >= 11 is 0. The molecule has 1 aliphatic carbocycles. The van der Waals surface area contributed by atoms with Crippen LogP contribution in [0, 0.1) is 6.92 Å². The van der Waals surface area contributed by atoms with Crippen molar-refractivity contribution in [2.24, 2.45) is 0 Å². The average Bonchev–Trinajstić information content (AvgIpc) is 3.41. The third kappa shape index (κ3) is 2.67. The predicted molar refractivity (Wildman–Crippen MR) is 94.0 cm³/mol. The number of fused-ring (bicyclic) bond motifs is 1. The SMILES string of the molecule is Cc1nccc(N2CCN(c3ccc4nnc(C5CC5)n4n3)CC2)n1. The molecule has 3 aromatic heterocycles. The van der Waals surface area contributed by atoms with Gasteiger partial charge in [0.2, 0.25) is 0 Å². The molecule has 3 aromatic rings. The Kier molecular flexibility index (Phi) is 3.29. The fraction of sp³-hybridized carbons (Fsp3) is 0.471. The second-order valence-corrected chi connectivity index (χ2v) is 6.73. The van der Waals surface area contributed by atoms with Crippen molar-refractivity contribution in [2.75, 3.05) is 36.0 Å². The molecule has 0 amide bonds. The van der Waals surface area contributed by atoms with E-state index in [1.807, 2.05) is 35.8 Å². The van der Waals surface area contributed by atoms with E-state index >= 15 is 0 Å². The van der Waals surface area contributed by atoms with Gasteiger partial charge in [0, 0.05) is 38.3 Å². The Labute approximate surface area is 145 Å². The summed E-state index contributed by atoms with van der Waals surface area (Å²) in [5.74, 6) is 4.35. The summed E-state index contributed by atoms with van der Waals surface area (Å²) in [6, 6.07) is 6.04. The second kappa shape index (κ2) is 5.65. The molecule has 1 saturated carbocycles. The van der Waals surface area contributed by atoms with E-state index in [2.05, 4.69) is 30.0 Å². The summed E-state index contributed by atoms with van der Waals surface area (Å²) in [7, 11) is 0. The second-order valence-electron chi connectivity index (χ2n) is 6.73. The third-order valence-electron chi connectivity index (χ3n) is 4.90.